The molecule has 3 heteroatoms. The topological polar surface area (TPSA) is 40.7 Å². The van der Waals surface area contributed by atoms with Gasteiger partial charge in [-0.25, -0.2) is 0 Å². The molecular formula is C15H25N3. The molecule has 1 aromatic rings. The molecule has 2 atom stereocenters. The van der Waals surface area contributed by atoms with Gasteiger partial charge < -0.3 is 5.32 Å². The van der Waals surface area contributed by atoms with Gasteiger partial charge in [0.15, 0.2) is 0 Å². The fraction of sp³-hybridized carbons (Fsp3) is 0.800. The Bertz CT molecular complexity index is 402. The molecule has 1 saturated heterocycles. The van der Waals surface area contributed by atoms with E-state index < -0.39 is 0 Å². The molecule has 18 heavy (non-hydrogen) atoms. The van der Waals surface area contributed by atoms with E-state index in [2.05, 4.69) is 29.4 Å². The quantitative estimate of drug-likeness (QED) is 0.843. The maximum absolute atomic E-state index is 4.65. The third-order valence-corrected chi connectivity index (χ3v) is 4.84. The van der Waals surface area contributed by atoms with Crippen LogP contribution in [0.1, 0.15) is 56.0 Å². The fourth-order valence-electron chi connectivity index (χ4n) is 3.54. The highest BCUT2D eigenvalue weighted by Gasteiger charge is 2.29. The summed E-state index contributed by atoms with van der Waals surface area (Å²) in [5.41, 5.74) is 4.36. The highest BCUT2D eigenvalue weighted by atomic mass is 15.1. The molecule has 2 heterocycles. The van der Waals surface area contributed by atoms with Crippen LogP contribution >= 0.6 is 0 Å². The molecule has 1 aliphatic carbocycles. The lowest BCUT2D eigenvalue weighted by Crippen LogP contribution is -2.29. The lowest BCUT2D eigenvalue weighted by molar-refractivity contribution is 0.339. The third-order valence-electron chi connectivity index (χ3n) is 4.84. The molecule has 2 aliphatic rings. The van der Waals surface area contributed by atoms with Gasteiger partial charge in [-0.1, -0.05) is 13.8 Å². The number of H-pyrrole nitrogens is 1. The minimum atomic E-state index is 0.643. The van der Waals surface area contributed by atoms with Gasteiger partial charge >= 0.3 is 0 Å². The largest absolute Gasteiger partial charge is 0.316 e. The molecule has 1 fully saturated rings. The molecule has 2 N–H and O–H groups in total. The minimum absolute atomic E-state index is 0.643. The summed E-state index contributed by atoms with van der Waals surface area (Å²) in [6, 6.07) is 0. The van der Waals surface area contributed by atoms with Crippen molar-refractivity contribution in [1.29, 1.82) is 0 Å². The summed E-state index contributed by atoms with van der Waals surface area (Å²) in [5.74, 6) is 2.29. The maximum atomic E-state index is 4.65. The van der Waals surface area contributed by atoms with Crippen LogP contribution in [0.3, 0.4) is 0 Å². The number of rotatable bonds is 2. The van der Waals surface area contributed by atoms with E-state index in [0.29, 0.717) is 5.92 Å². The summed E-state index contributed by atoms with van der Waals surface area (Å²) in [5, 5.41) is 11.5. The molecule has 3 rings (SSSR count). The third kappa shape index (κ3) is 2.20. The van der Waals surface area contributed by atoms with Crippen LogP contribution in [0.15, 0.2) is 0 Å². The Balaban J connectivity index is 1.82. The van der Waals surface area contributed by atoms with Crippen LogP contribution in [0.25, 0.3) is 0 Å². The number of piperidine rings is 1. The van der Waals surface area contributed by atoms with Crippen LogP contribution in [-0.4, -0.2) is 23.3 Å². The number of aromatic amines is 1. The monoisotopic (exact) mass is 247 g/mol. The van der Waals surface area contributed by atoms with Crippen molar-refractivity contribution in [1.82, 2.24) is 15.5 Å². The summed E-state index contributed by atoms with van der Waals surface area (Å²) in [6.07, 6.45) is 6.37. The van der Waals surface area contributed by atoms with E-state index in [1.165, 1.54) is 50.0 Å². The second-order valence-corrected chi connectivity index (χ2v) is 6.36. The summed E-state index contributed by atoms with van der Waals surface area (Å²) >= 11 is 0. The molecule has 0 saturated carbocycles. The first-order chi connectivity index (χ1) is 8.75. The number of hydrogen-bond donors (Lipinski definition) is 2. The first-order valence-corrected chi connectivity index (χ1v) is 7.52. The predicted octanol–water partition coefficient (Wildman–Crippen LogP) is 2.64. The molecule has 1 aliphatic heterocycles. The van der Waals surface area contributed by atoms with Crippen LogP contribution in [-0.2, 0) is 12.8 Å². The Morgan fingerprint density at radius 1 is 1.28 bits per heavy atom. The molecule has 0 amide bonds. The van der Waals surface area contributed by atoms with E-state index in [1.807, 2.05) is 0 Å². The lowest BCUT2D eigenvalue weighted by Gasteiger charge is -2.28. The van der Waals surface area contributed by atoms with Gasteiger partial charge in [0.2, 0.25) is 0 Å². The van der Waals surface area contributed by atoms with Gasteiger partial charge in [-0.05, 0) is 56.0 Å². The second kappa shape index (κ2) is 5.04. The molecule has 0 spiro atoms. The van der Waals surface area contributed by atoms with Gasteiger partial charge in [0.05, 0.1) is 5.69 Å². The van der Waals surface area contributed by atoms with Crippen molar-refractivity contribution in [2.75, 3.05) is 13.1 Å². The molecule has 0 radical (unpaired) electrons. The molecule has 1 aromatic heterocycles. The summed E-state index contributed by atoms with van der Waals surface area (Å²) in [7, 11) is 0. The van der Waals surface area contributed by atoms with E-state index in [1.54, 1.807) is 5.56 Å². The highest BCUT2D eigenvalue weighted by molar-refractivity contribution is 5.31. The van der Waals surface area contributed by atoms with Gasteiger partial charge in [0.1, 0.15) is 0 Å². The SMILES string of the molecule is CC(C)C1CCc2[nH]nc(C3CCCNC3)c2C1. The highest BCUT2D eigenvalue weighted by Crippen LogP contribution is 2.34. The first kappa shape index (κ1) is 12.2. The number of aromatic nitrogens is 2. The summed E-state index contributed by atoms with van der Waals surface area (Å²) < 4.78 is 0. The maximum Gasteiger partial charge on any atom is 0.0700 e. The van der Waals surface area contributed by atoms with E-state index in [0.717, 1.165) is 18.4 Å². The van der Waals surface area contributed by atoms with E-state index >= 15 is 0 Å². The predicted molar refractivity (Wildman–Crippen MR) is 73.8 cm³/mol. The van der Waals surface area contributed by atoms with Gasteiger partial charge in [-0.3, -0.25) is 5.10 Å². The van der Waals surface area contributed by atoms with Crippen molar-refractivity contribution >= 4 is 0 Å². The van der Waals surface area contributed by atoms with Gasteiger partial charge in [0, 0.05) is 18.2 Å². The van der Waals surface area contributed by atoms with Crippen LogP contribution in [0, 0.1) is 11.8 Å². The van der Waals surface area contributed by atoms with Crippen molar-refractivity contribution in [2.24, 2.45) is 11.8 Å². The fourth-order valence-corrected chi connectivity index (χ4v) is 3.54. The number of hydrogen-bond acceptors (Lipinski definition) is 2. The van der Waals surface area contributed by atoms with Gasteiger partial charge in [0.25, 0.3) is 0 Å². The Morgan fingerprint density at radius 2 is 2.17 bits per heavy atom. The number of aryl methyl sites for hydroxylation is 1. The average Bonchev–Trinajstić information content (AvgIpc) is 2.82. The van der Waals surface area contributed by atoms with E-state index in [4.69, 9.17) is 0 Å². The van der Waals surface area contributed by atoms with Gasteiger partial charge in [-0.15, -0.1) is 0 Å². The average molecular weight is 247 g/mol. The first-order valence-electron chi connectivity index (χ1n) is 7.52. The normalized spacial score (nSPS) is 28.4. The summed E-state index contributed by atoms with van der Waals surface area (Å²) in [4.78, 5) is 0. The standard InChI is InChI=1S/C15H25N3/c1-10(2)11-5-6-14-13(8-11)15(18-17-14)12-4-3-7-16-9-12/h10-12,16H,3-9H2,1-2H3,(H,17,18). The number of nitrogens with zero attached hydrogens (tertiary/aromatic N) is 1. The molecule has 100 valence electrons. The Kier molecular flexibility index (Phi) is 3.42. The molecule has 0 bridgehead atoms. The zero-order valence-electron chi connectivity index (χ0n) is 11.6. The van der Waals surface area contributed by atoms with Crippen LogP contribution in [0.2, 0.25) is 0 Å². The van der Waals surface area contributed by atoms with Crippen LogP contribution < -0.4 is 5.32 Å². The number of nitrogens with one attached hydrogen (secondary N) is 2. The van der Waals surface area contributed by atoms with Crippen molar-refractivity contribution in [2.45, 2.75) is 51.9 Å². The lowest BCUT2D eigenvalue weighted by atomic mass is 9.78. The molecule has 0 aromatic carbocycles. The van der Waals surface area contributed by atoms with Gasteiger partial charge in [-0.2, -0.15) is 5.10 Å². The minimum Gasteiger partial charge on any atom is -0.316 e. The van der Waals surface area contributed by atoms with E-state index in [9.17, 15) is 0 Å². The van der Waals surface area contributed by atoms with Crippen molar-refractivity contribution < 1.29 is 0 Å². The zero-order valence-corrected chi connectivity index (χ0v) is 11.6. The Labute approximate surface area is 110 Å². The van der Waals surface area contributed by atoms with Crippen molar-refractivity contribution in [3.63, 3.8) is 0 Å². The number of fused-ring (bicyclic) bond motifs is 1. The molecule has 2 unspecified atom stereocenters. The smallest absolute Gasteiger partial charge is 0.0700 e. The Hall–Kier alpha value is -0.830. The molecular weight excluding hydrogens is 222 g/mol. The Morgan fingerprint density at radius 3 is 2.89 bits per heavy atom. The summed E-state index contributed by atoms with van der Waals surface area (Å²) in [6.45, 7) is 7.01. The molecule has 3 nitrogen and oxygen atoms in total. The van der Waals surface area contributed by atoms with E-state index in [-0.39, 0.29) is 0 Å². The van der Waals surface area contributed by atoms with Crippen molar-refractivity contribution in [3.05, 3.63) is 17.0 Å². The van der Waals surface area contributed by atoms with Crippen LogP contribution in [0.4, 0.5) is 0 Å². The van der Waals surface area contributed by atoms with Crippen LogP contribution in [0.5, 0.6) is 0 Å². The van der Waals surface area contributed by atoms with Crippen molar-refractivity contribution in [3.8, 4) is 0 Å². The second-order valence-electron chi connectivity index (χ2n) is 6.36. The zero-order chi connectivity index (χ0) is 12.5.